The summed E-state index contributed by atoms with van der Waals surface area (Å²) < 4.78 is 11.4. The monoisotopic (exact) mass is 350 g/mol. The Bertz CT molecular complexity index is 734. The van der Waals surface area contributed by atoms with E-state index >= 15 is 0 Å². The van der Waals surface area contributed by atoms with Gasteiger partial charge >= 0.3 is 0 Å². The number of hydrogen-bond acceptors (Lipinski definition) is 5. The van der Waals surface area contributed by atoms with Gasteiger partial charge < -0.3 is 15.0 Å². The molecule has 0 spiro atoms. The molecule has 2 aromatic heterocycles. The molecule has 0 aliphatic heterocycles. The Morgan fingerprint density at radius 1 is 1.25 bits per heavy atom. The summed E-state index contributed by atoms with van der Waals surface area (Å²) in [4.78, 5) is 0. The number of anilines is 1. The van der Waals surface area contributed by atoms with Gasteiger partial charge in [-0.05, 0) is 39.7 Å². The maximum absolute atomic E-state index is 5.92. The quantitative estimate of drug-likeness (QED) is 0.759. The first-order valence-corrected chi connectivity index (χ1v) is 7.50. The summed E-state index contributed by atoms with van der Waals surface area (Å²) in [6.45, 7) is 0. The highest BCUT2D eigenvalue weighted by molar-refractivity contribution is 9.11. The number of benzene rings is 1. The van der Waals surface area contributed by atoms with Crippen LogP contribution < -0.4 is 10.5 Å². The van der Waals surface area contributed by atoms with Crippen LogP contribution in [0, 0.1) is 0 Å². The maximum atomic E-state index is 5.92. The molecular weight excluding hydrogens is 340 g/mol. The van der Waals surface area contributed by atoms with Gasteiger partial charge in [0.15, 0.2) is 0 Å². The van der Waals surface area contributed by atoms with Crippen LogP contribution >= 0.6 is 27.3 Å². The van der Waals surface area contributed by atoms with Crippen molar-refractivity contribution in [2.24, 2.45) is 0 Å². The van der Waals surface area contributed by atoms with Crippen LogP contribution in [-0.2, 0) is 0 Å². The maximum Gasteiger partial charge on any atom is 0.230 e. The topological polar surface area (TPSA) is 61.3 Å². The minimum atomic E-state index is 0.312. The average Bonchev–Trinajstić information content (AvgIpc) is 3.05. The van der Waals surface area contributed by atoms with Crippen molar-refractivity contribution in [1.82, 2.24) is 5.16 Å². The fourth-order valence-corrected chi connectivity index (χ4v) is 3.11. The number of aromatic nitrogens is 1. The fraction of sp³-hybridized carbons (Fsp3) is 0.0714. The van der Waals surface area contributed by atoms with Crippen LogP contribution in [0.4, 0.5) is 5.88 Å². The van der Waals surface area contributed by atoms with Crippen LogP contribution in [-0.4, -0.2) is 12.3 Å². The van der Waals surface area contributed by atoms with Crippen LogP contribution in [0.5, 0.6) is 5.75 Å². The van der Waals surface area contributed by atoms with Gasteiger partial charge in [-0.25, -0.2) is 0 Å². The van der Waals surface area contributed by atoms with Crippen molar-refractivity contribution in [2.75, 3.05) is 12.8 Å². The van der Waals surface area contributed by atoms with Crippen LogP contribution in [0.1, 0.15) is 0 Å². The zero-order valence-corrected chi connectivity index (χ0v) is 13.0. The van der Waals surface area contributed by atoms with E-state index in [1.807, 2.05) is 35.7 Å². The predicted octanol–water partition coefficient (Wildman–Crippen LogP) is 4.42. The van der Waals surface area contributed by atoms with E-state index in [-0.39, 0.29) is 0 Å². The van der Waals surface area contributed by atoms with Gasteiger partial charge in [0.2, 0.25) is 5.88 Å². The molecule has 0 unspecified atom stereocenters. The first-order chi connectivity index (χ1) is 9.69. The molecule has 6 heteroatoms. The first-order valence-electron chi connectivity index (χ1n) is 5.83. The number of thiophene rings is 1. The molecule has 0 atom stereocenters. The average molecular weight is 351 g/mol. The minimum absolute atomic E-state index is 0.312. The van der Waals surface area contributed by atoms with Gasteiger partial charge in [0.1, 0.15) is 11.4 Å². The molecule has 0 bridgehead atoms. The number of halogens is 1. The van der Waals surface area contributed by atoms with Crippen LogP contribution in [0.2, 0.25) is 0 Å². The van der Waals surface area contributed by atoms with Gasteiger partial charge in [0, 0.05) is 10.9 Å². The van der Waals surface area contributed by atoms with Crippen LogP contribution in [0.15, 0.2) is 44.0 Å². The third kappa shape index (κ3) is 2.32. The Kier molecular flexibility index (Phi) is 3.50. The number of nitrogens with two attached hydrogens (primary N) is 1. The van der Waals surface area contributed by atoms with E-state index in [0.717, 1.165) is 31.9 Å². The molecule has 0 fully saturated rings. The van der Waals surface area contributed by atoms with Gasteiger partial charge in [0.25, 0.3) is 0 Å². The van der Waals surface area contributed by atoms with E-state index in [4.69, 9.17) is 15.0 Å². The zero-order chi connectivity index (χ0) is 14.1. The lowest BCUT2D eigenvalue weighted by Gasteiger charge is -2.03. The van der Waals surface area contributed by atoms with Crippen molar-refractivity contribution in [3.63, 3.8) is 0 Å². The third-order valence-electron chi connectivity index (χ3n) is 2.94. The van der Waals surface area contributed by atoms with Gasteiger partial charge in [-0.3, -0.25) is 0 Å². The van der Waals surface area contributed by atoms with Crippen molar-refractivity contribution in [2.45, 2.75) is 0 Å². The Morgan fingerprint density at radius 3 is 2.60 bits per heavy atom. The predicted molar refractivity (Wildman–Crippen MR) is 83.9 cm³/mol. The molecule has 0 amide bonds. The number of rotatable bonds is 3. The third-order valence-corrected chi connectivity index (χ3v) is 4.44. The highest BCUT2D eigenvalue weighted by Gasteiger charge is 2.18. The molecule has 20 heavy (non-hydrogen) atoms. The molecule has 0 aliphatic carbocycles. The summed E-state index contributed by atoms with van der Waals surface area (Å²) in [5.41, 5.74) is 9.39. The Hall–Kier alpha value is -1.79. The molecule has 0 aliphatic rings. The van der Waals surface area contributed by atoms with E-state index in [1.54, 1.807) is 18.4 Å². The smallest absolute Gasteiger partial charge is 0.230 e. The second-order valence-corrected chi connectivity index (χ2v) is 6.43. The van der Waals surface area contributed by atoms with Crippen LogP contribution in [0.3, 0.4) is 0 Å². The van der Waals surface area contributed by atoms with Crippen molar-refractivity contribution < 1.29 is 9.26 Å². The number of hydrogen-bond donors (Lipinski definition) is 1. The molecule has 102 valence electrons. The van der Waals surface area contributed by atoms with Crippen LogP contribution in [0.25, 0.3) is 22.4 Å². The Morgan fingerprint density at radius 2 is 2.00 bits per heavy atom. The van der Waals surface area contributed by atoms with Crippen molar-refractivity contribution >= 4 is 33.2 Å². The molecule has 2 N–H and O–H groups in total. The summed E-state index contributed by atoms with van der Waals surface area (Å²) in [5.74, 6) is 1.11. The summed E-state index contributed by atoms with van der Waals surface area (Å²) in [6, 6.07) is 9.64. The molecular formula is C14H11BrN2O2S. The van der Waals surface area contributed by atoms with Gasteiger partial charge in [-0.2, -0.15) is 0 Å². The van der Waals surface area contributed by atoms with Crippen molar-refractivity contribution in [3.8, 4) is 28.1 Å². The second kappa shape index (κ2) is 5.30. The molecule has 3 aromatic rings. The zero-order valence-electron chi connectivity index (χ0n) is 10.6. The molecule has 0 radical (unpaired) electrons. The SMILES string of the molecule is COc1ccc(-c2c(-c3csc(Br)c3)noc2N)cc1. The fourth-order valence-electron chi connectivity index (χ4n) is 1.97. The summed E-state index contributed by atoms with van der Waals surface area (Å²) >= 11 is 5.04. The number of nitrogen functional groups attached to an aromatic ring is 1. The molecule has 3 rings (SSSR count). The van der Waals surface area contributed by atoms with E-state index < -0.39 is 0 Å². The van der Waals surface area contributed by atoms with E-state index in [9.17, 15) is 0 Å². The van der Waals surface area contributed by atoms with E-state index in [2.05, 4.69) is 21.1 Å². The molecule has 2 heterocycles. The summed E-state index contributed by atoms with van der Waals surface area (Å²) in [6.07, 6.45) is 0. The highest BCUT2D eigenvalue weighted by Crippen LogP contribution is 2.39. The Labute approximate surface area is 128 Å². The Balaban J connectivity index is 2.10. The molecule has 0 saturated carbocycles. The number of ether oxygens (including phenoxy) is 1. The highest BCUT2D eigenvalue weighted by atomic mass is 79.9. The van der Waals surface area contributed by atoms with E-state index in [0.29, 0.717) is 5.88 Å². The first kappa shape index (κ1) is 13.2. The largest absolute Gasteiger partial charge is 0.497 e. The summed E-state index contributed by atoms with van der Waals surface area (Å²) in [7, 11) is 1.64. The lowest BCUT2D eigenvalue weighted by Crippen LogP contribution is -1.88. The minimum Gasteiger partial charge on any atom is -0.497 e. The van der Waals surface area contributed by atoms with Crippen molar-refractivity contribution in [1.29, 1.82) is 0 Å². The van der Waals surface area contributed by atoms with Gasteiger partial charge in [-0.1, -0.05) is 17.3 Å². The van der Waals surface area contributed by atoms with Gasteiger partial charge in [-0.15, -0.1) is 11.3 Å². The summed E-state index contributed by atoms with van der Waals surface area (Å²) in [5, 5.41) is 6.08. The van der Waals surface area contributed by atoms with Gasteiger partial charge in [0.05, 0.1) is 16.5 Å². The lowest BCUT2D eigenvalue weighted by molar-refractivity contribution is 0.415. The molecule has 4 nitrogen and oxygen atoms in total. The second-order valence-electron chi connectivity index (χ2n) is 4.14. The van der Waals surface area contributed by atoms with Crippen molar-refractivity contribution in [3.05, 3.63) is 39.5 Å². The lowest BCUT2D eigenvalue weighted by atomic mass is 10.0. The molecule has 0 saturated heterocycles. The number of methoxy groups -OCH3 is 1. The normalized spacial score (nSPS) is 10.7. The van der Waals surface area contributed by atoms with E-state index in [1.165, 1.54) is 0 Å². The molecule has 1 aromatic carbocycles. The number of nitrogens with zero attached hydrogens (tertiary/aromatic N) is 1. The standard InChI is InChI=1S/C14H11BrN2O2S/c1-18-10-4-2-8(3-5-10)12-13(17-19-14(12)16)9-6-11(15)20-7-9/h2-7H,16H2,1H3.